The summed E-state index contributed by atoms with van der Waals surface area (Å²) < 4.78 is 26.7. The van der Waals surface area contributed by atoms with Crippen LogP contribution in [0.25, 0.3) is 0 Å². The van der Waals surface area contributed by atoms with Gasteiger partial charge in [-0.2, -0.15) is 9.57 Å². The third kappa shape index (κ3) is 3.99. The summed E-state index contributed by atoms with van der Waals surface area (Å²) in [5.74, 6) is -0.315. The predicted molar refractivity (Wildman–Crippen MR) is 100 cm³/mol. The Morgan fingerprint density at radius 1 is 1.26 bits per heavy atom. The molecule has 1 aliphatic heterocycles. The number of carbonyl (C=O) groups excluding carboxylic acids is 1. The van der Waals surface area contributed by atoms with Gasteiger partial charge in [0.2, 0.25) is 15.9 Å². The van der Waals surface area contributed by atoms with Crippen LogP contribution in [0.1, 0.15) is 18.4 Å². The molecule has 1 amide bonds. The van der Waals surface area contributed by atoms with E-state index < -0.39 is 10.0 Å². The molecule has 1 fully saturated rings. The second kappa shape index (κ2) is 7.86. The summed E-state index contributed by atoms with van der Waals surface area (Å²) >= 11 is 0. The molecule has 2 heterocycles. The molecule has 0 bridgehead atoms. The van der Waals surface area contributed by atoms with Gasteiger partial charge in [0.1, 0.15) is 4.90 Å². The third-order valence-corrected chi connectivity index (χ3v) is 6.65. The molecule has 3 rings (SSSR count). The third-order valence-electron chi connectivity index (χ3n) is 4.77. The van der Waals surface area contributed by atoms with E-state index in [2.05, 4.69) is 11.1 Å². The second-order valence-electron chi connectivity index (χ2n) is 6.43. The van der Waals surface area contributed by atoms with Crippen LogP contribution in [-0.2, 0) is 14.8 Å². The van der Waals surface area contributed by atoms with Crippen LogP contribution >= 0.6 is 0 Å². The van der Waals surface area contributed by atoms with Crippen LogP contribution in [-0.4, -0.2) is 43.8 Å². The number of piperidine rings is 1. The summed E-state index contributed by atoms with van der Waals surface area (Å²) in [6.45, 7) is 0.583. The van der Waals surface area contributed by atoms with E-state index in [9.17, 15) is 13.2 Å². The molecule has 0 unspecified atom stereocenters. The van der Waals surface area contributed by atoms with E-state index >= 15 is 0 Å². The van der Waals surface area contributed by atoms with E-state index in [0.717, 1.165) is 0 Å². The summed E-state index contributed by atoms with van der Waals surface area (Å²) in [6.07, 6.45) is 3.78. The van der Waals surface area contributed by atoms with Gasteiger partial charge in [-0.25, -0.2) is 8.42 Å². The Labute approximate surface area is 158 Å². The average Bonchev–Trinajstić information content (AvgIpc) is 2.73. The van der Waals surface area contributed by atoms with Gasteiger partial charge >= 0.3 is 0 Å². The van der Waals surface area contributed by atoms with Crippen molar-refractivity contribution in [3.63, 3.8) is 0 Å². The summed E-state index contributed by atoms with van der Waals surface area (Å²) in [4.78, 5) is 18.4. The number of aromatic nitrogens is 1. The molecule has 8 heteroatoms. The highest BCUT2D eigenvalue weighted by Gasteiger charge is 2.33. The number of carbonyl (C=O) groups is 1. The van der Waals surface area contributed by atoms with E-state index in [1.165, 1.54) is 27.7 Å². The van der Waals surface area contributed by atoms with Gasteiger partial charge < -0.3 is 4.90 Å². The minimum absolute atomic E-state index is 0.0662. The highest BCUT2D eigenvalue weighted by Crippen LogP contribution is 2.26. The molecular weight excluding hydrogens is 364 g/mol. The quantitative estimate of drug-likeness (QED) is 0.804. The van der Waals surface area contributed by atoms with Crippen LogP contribution in [0.5, 0.6) is 0 Å². The maximum atomic E-state index is 12.8. The van der Waals surface area contributed by atoms with Crippen molar-refractivity contribution in [1.82, 2.24) is 9.29 Å². The van der Waals surface area contributed by atoms with Gasteiger partial charge in [0, 0.05) is 44.1 Å². The zero-order chi connectivity index (χ0) is 19.4. The number of benzene rings is 1. The van der Waals surface area contributed by atoms with E-state index in [-0.39, 0.29) is 16.7 Å². The molecule has 1 saturated heterocycles. The Morgan fingerprint density at radius 2 is 2.00 bits per heavy atom. The number of hydrogen-bond donors (Lipinski definition) is 0. The zero-order valence-electron chi connectivity index (χ0n) is 14.9. The monoisotopic (exact) mass is 384 g/mol. The zero-order valence-corrected chi connectivity index (χ0v) is 15.8. The molecule has 1 aromatic carbocycles. The molecule has 2 aromatic rings. The van der Waals surface area contributed by atoms with Crippen LogP contribution in [0.15, 0.2) is 53.7 Å². The topological polar surface area (TPSA) is 94.4 Å². The Hall–Kier alpha value is -2.76. The maximum absolute atomic E-state index is 12.8. The van der Waals surface area contributed by atoms with Gasteiger partial charge in [-0.05, 0) is 43.2 Å². The normalized spacial score (nSPS) is 15.9. The molecule has 1 aliphatic rings. The van der Waals surface area contributed by atoms with Crippen molar-refractivity contribution in [3.05, 3.63) is 54.4 Å². The summed E-state index contributed by atoms with van der Waals surface area (Å²) in [7, 11) is -1.90. The summed E-state index contributed by atoms with van der Waals surface area (Å²) in [5.41, 5.74) is 1.15. The molecule has 0 N–H and O–H groups in total. The van der Waals surface area contributed by atoms with Gasteiger partial charge in [-0.1, -0.05) is 6.07 Å². The second-order valence-corrected chi connectivity index (χ2v) is 8.36. The van der Waals surface area contributed by atoms with Gasteiger partial charge in [-0.3, -0.25) is 9.78 Å². The van der Waals surface area contributed by atoms with Gasteiger partial charge in [0.05, 0.1) is 11.6 Å². The number of anilines is 1. The molecule has 0 spiro atoms. The molecule has 0 atom stereocenters. The first-order valence-electron chi connectivity index (χ1n) is 8.61. The van der Waals surface area contributed by atoms with E-state index in [4.69, 9.17) is 5.26 Å². The number of nitriles is 1. The SMILES string of the molecule is CN(C(=O)C1CCN(S(=O)(=O)c2cccnc2)CC1)c1cccc(C#N)c1. The van der Waals surface area contributed by atoms with Gasteiger partial charge in [0.15, 0.2) is 0 Å². The maximum Gasteiger partial charge on any atom is 0.244 e. The summed E-state index contributed by atoms with van der Waals surface area (Å²) in [5, 5.41) is 9.01. The smallest absolute Gasteiger partial charge is 0.244 e. The van der Waals surface area contributed by atoms with Crippen molar-refractivity contribution in [2.75, 3.05) is 25.0 Å². The lowest BCUT2D eigenvalue weighted by molar-refractivity contribution is -0.123. The minimum atomic E-state index is -3.58. The molecule has 1 aromatic heterocycles. The van der Waals surface area contributed by atoms with E-state index in [1.807, 2.05) is 0 Å². The van der Waals surface area contributed by atoms with Crippen molar-refractivity contribution in [2.24, 2.45) is 5.92 Å². The molecule has 0 aliphatic carbocycles. The van der Waals surface area contributed by atoms with E-state index in [1.54, 1.807) is 37.4 Å². The molecular formula is C19H20N4O3S. The first kappa shape index (κ1) is 19.0. The molecule has 0 radical (unpaired) electrons. The first-order chi connectivity index (χ1) is 12.9. The first-order valence-corrected chi connectivity index (χ1v) is 10.1. The van der Waals surface area contributed by atoms with Crippen LogP contribution in [0.2, 0.25) is 0 Å². The fourth-order valence-electron chi connectivity index (χ4n) is 3.18. The van der Waals surface area contributed by atoms with Crippen molar-refractivity contribution in [2.45, 2.75) is 17.7 Å². The minimum Gasteiger partial charge on any atom is -0.315 e. The molecule has 0 saturated carbocycles. The van der Waals surface area contributed by atoms with Gasteiger partial charge in [-0.15, -0.1) is 0 Å². The van der Waals surface area contributed by atoms with Crippen molar-refractivity contribution < 1.29 is 13.2 Å². The Bertz CT molecular complexity index is 962. The molecule has 7 nitrogen and oxygen atoms in total. The van der Waals surface area contributed by atoms with Crippen LogP contribution in [0.3, 0.4) is 0 Å². The van der Waals surface area contributed by atoms with Crippen LogP contribution < -0.4 is 4.90 Å². The van der Waals surface area contributed by atoms with Crippen LogP contribution in [0.4, 0.5) is 5.69 Å². The number of nitrogens with zero attached hydrogens (tertiary/aromatic N) is 4. The highest BCUT2D eigenvalue weighted by atomic mass is 32.2. The van der Waals surface area contributed by atoms with Crippen molar-refractivity contribution >= 4 is 21.6 Å². The van der Waals surface area contributed by atoms with Crippen molar-refractivity contribution in [3.8, 4) is 6.07 Å². The largest absolute Gasteiger partial charge is 0.315 e. The number of sulfonamides is 1. The number of amides is 1. The number of hydrogen-bond acceptors (Lipinski definition) is 5. The number of pyridine rings is 1. The standard InChI is InChI=1S/C19H20N4O3S/c1-22(17-5-2-4-15(12-17)13-20)19(24)16-7-10-23(11-8-16)27(25,26)18-6-3-9-21-14-18/h2-6,9,12,14,16H,7-8,10-11H2,1H3. The van der Waals surface area contributed by atoms with E-state index in [0.29, 0.717) is 37.2 Å². The number of rotatable bonds is 4. The Balaban J connectivity index is 1.66. The molecule has 140 valence electrons. The average molecular weight is 384 g/mol. The van der Waals surface area contributed by atoms with Crippen LogP contribution in [0, 0.1) is 17.2 Å². The Kier molecular flexibility index (Phi) is 5.54. The summed E-state index contributed by atoms with van der Waals surface area (Å²) in [6, 6.07) is 12.0. The lowest BCUT2D eigenvalue weighted by atomic mass is 9.96. The highest BCUT2D eigenvalue weighted by molar-refractivity contribution is 7.89. The van der Waals surface area contributed by atoms with Gasteiger partial charge in [0.25, 0.3) is 0 Å². The lowest BCUT2D eigenvalue weighted by Gasteiger charge is -2.32. The fourth-order valence-corrected chi connectivity index (χ4v) is 4.61. The predicted octanol–water partition coefficient (Wildman–Crippen LogP) is 2.02. The Morgan fingerprint density at radius 3 is 2.63 bits per heavy atom. The lowest BCUT2D eigenvalue weighted by Crippen LogP contribution is -2.43. The molecule has 27 heavy (non-hydrogen) atoms. The van der Waals surface area contributed by atoms with Crippen molar-refractivity contribution in [1.29, 1.82) is 5.26 Å². The fraction of sp³-hybridized carbons (Fsp3) is 0.316.